The molecule has 1 aromatic heterocycles. The first-order valence-electron chi connectivity index (χ1n) is 7.10. The van der Waals surface area contributed by atoms with Crippen LogP contribution in [0.1, 0.15) is 55.8 Å². The van der Waals surface area contributed by atoms with E-state index in [1.807, 2.05) is 12.3 Å². The summed E-state index contributed by atoms with van der Waals surface area (Å²) in [6, 6.07) is 4.58. The van der Waals surface area contributed by atoms with E-state index in [1.54, 1.807) is 5.57 Å². The molecular formula is C16H24N2. The van der Waals surface area contributed by atoms with Gasteiger partial charge in [0, 0.05) is 11.9 Å². The molecule has 0 saturated heterocycles. The number of allylic oxidation sites excluding steroid dienone is 1. The molecule has 1 aliphatic carbocycles. The zero-order chi connectivity index (χ0) is 12.8. The van der Waals surface area contributed by atoms with E-state index in [2.05, 4.69) is 36.4 Å². The van der Waals surface area contributed by atoms with Gasteiger partial charge in [0.2, 0.25) is 0 Å². The molecule has 1 aliphatic rings. The number of nitrogens with zero attached hydrogens (tertiary/aromatic N) is 1. The van der Waals surface area contributed by atoms with Crippen LogP contribution in [0.3, 0.4) is 0 Å². The second-order valence-corrected chi connectivity index (χ2v) is 5.13. The molecule has 1 N–H and O–H groups in total. The Morgan fingerprint density at radius 3 is 2.83 bits per heavy atom. The van der Waals surface area contributed by atoms with Crippen molar-refractivity contribution in [2.75, 3.05) is 7.05 Å². The lowest BCUT2D eigenvalue weighted by Crippen LogP contribution is -2.20. The number of likely N-dealkylation sites (N-methyl/N-ethyl adjacent to an activating group) is 1. The van der Waals surface area contributed by atoms with E-state index in [0.29, 0.717) is 6.04 Å². The third-order valence-electron chi connectivity index (χ3n) is 3.84. The molecule has 1 aromatic rings. The molecule has 1 heterocycles. The Bertz CT molecular complexity index is 409. The van der Waals surface area contributed by atoms with Crippen molar-refractivity contribution in [3.8, 4) is 0 Å². The standard InChI is InChI=1S/C16H24N2/c1-13-15(11-8-12-18-13)16(17-2)14-9-6-4-3-5-7-10-14/h8-9,11-12,16-17H,3-7,10H2,1-2H3/b14-9+. The van der Waals surface area contributed by atoms with Crippen molar-refractivity contribution < 1.29 is 0 Å². The number of hydrogen-bond acceptors (Lipinski definition) is 2. The highest BCUT2D eigenvalue weighted by molar-refractivity contribution is 5.31. The molecule has 0 bridgehead atoms. The first-order valence-corrected chi connectivity index (χ1v) is 7.10. The lowest BCUT2D eigenvalue weighted by atomic mass is 9.90. The molecule has 0 radical (unpaired) electrons. The van der Waals surface area contributed by atoms with E-state index in [9.17, 15) is 0 Å². The predicted molar refractivity (Wildman–Crippen MR) is 76.6 cm³/mol. The Labute approximate surface area is 111 Å². The first-order chi connectivity index (χ1) is 8.83. The van der Waals surface area contributed by atoms with Crippen LogP contribution in [-0.4, -0.2) is 12.0 Å². The molecule has 18 heavy (non-hydrogen) atoms. The highest BCUT2D eigenvalue weighted by atomic mass is 14.9. The van der Waals surface area contributed by atoms with E-state index in [4.69, 9.17) is 0 Å². The summed E-state index contributed by atoms with van der Waals surface area (Å²) in [5, 5.41) is 3.47. The van der Waals surface area contributed by atoms with E-state index in [-0.39, 0.29) is 0 Å². The van der Waals surface area contributed by atoms with E-state index in [1.165, 1.54) is 44.1 Å². The fourth-order valence-electron chi connectivity index (χ4n) is 2.82. The molecule has 0 aromatic carbocycles. The minimum absolute atomic E-state index is 0.344. The van der Waals surface area contributed by atoms with Crippen LogP contribution in [0.25, 0.3) is 0 Å². The molecule has 0 saturated carbocycles. The zero-order valence-corrected chi connectivity index (χ0v) is 11.6. The van der Waals surface area contributed by atoms with Gasteiger partial charge in [0.15, 0.2) is 0 Å². The summed E-state index contributed by atoms with van der Waals surface area (Å²) < 4.78 is 0. The Balaban J connectivity index is 2.24. The number of hydrogen-bond donors (Lipinski definition) is 1. The largest absolute Gasteiger partial charge is 0.310 e. The van der Waals surface area contributed by atoms with Gasteiger partial charge in [0.25, 0.3) is 0 Å². The van der Waals surface area contributed by atoms with Crippen molar-refractivity contribution in [1.82, 2.24) is 10.3 Å². The summed E-state index contributed by atoms with van der Waals surface area (Å²) >= 11 is 0. The van der Waals surface area contributed by atoms with Crippen LogP contribution in [0.5, 0.6) is 0 Å². The smallest absolute Gasteiger partial charge is 0.0551 e. The molecule has 0 aliphatic heterocycles. The maximum Gasteiger partial charge on any atom is 0.0551 e. The number of pyridine rings is 1. The molecule has 1 atom stereocenters. The summed E-state index contributed by atoms with van der Waals surface area (Å²) in [6.45, 7) is 2.10. The Morgan fingerprint density at radius 1 is 1.22 bits per heavy atom. The van der Waals surface area contributed by atoms with Gasteiger partial charge in [-0.05, 0) is 51.3 Å². The average Bonchev–Trinajstić information content (AvgIpc) is 2.34. The lowest BCUT2D eigenvalue weighted by molar-refractivity contribution is 0.571. The number of rotatable bonds is 3. The van der Waals surface area contributed by atoms with Crippen molar-refractivity contribution in [1.29, 1.82) is 0 Å². The van der Waals surface area contributed by atoms with Crippen LogP contribution in [-0.2, 0) is 0 Å². The predicted octanol–water partition coefficient (Wildman–Crippen LogP) is 3.93. The molecular weight excluding hydrogens is 220 g/mol. The molecule has 0 amide bonds. The molecule has 2 rings (SSSR count). The Kier molecular flexibility index (Phi) is 4.94. The summed E-state index contributed by atoms with van der Waals surface area (Å²) in [4.78, 5) is 4.42. The molecule has 98 valence electrons. The maximum absolute atomic E-state index is 4.42. The average molecular weight is 244 g/mol. The molecule has 0 spiro atoms. The minimum Gasteiger partial charge on any atom is -0.310 e. The number of nitrogens with one attached hydrogen (secondary N) is 1. The fourth-order valence-corrected chi connectivity index (χ4v) is 2.82. The van der Waals surface area contributed by atoms with Gasteiger partial charge < -0.3 is 5.32 Å². The van der Waals surface area contributed by atoms with Gasteiger partial charge in [0.1, 0.15) is 0 Å². The Morgan fingerprint density at radius 2 is 2.06 bits per heavy atom. The molecule has 0 fully saturated rings. The van der Waals surface area contributed by atoms with Crippen molar-refractivity contribution >= 4 is 0 Å². The van der Waals surface area contributed by atoms with E-state index >= 15 is 0 Å². The fraction of sp³-hybridized carbons (Fsp3) is 0.562. The minimum atomic E-state index is 0.344. The van der Waals surface area contributed by atoms with Crippen molar-refractivity contribution in [3.05, 3.63) is 41.2 Å². The topological polar surface area (TPSA) is 24.9 Å². The second-order valence-electron chi connectivity index (χ2n) is 5.13. The number of aryl methyl sites for hydroxylation is 1. The Hall–Kier alpha value is -1.15. The van der Waals surface area contributed by atoms with Gasteiger partial charge in [0.05, 0.1) is 6.04 Å². The van der Waals surface area contributed by atoms with Crippen LogP contribution < -0.4 is 5.32 Å². The third kappa shape index (κ3) is 3.20. The van der Waals surface area contributed by atoms with Gasteiger partial charge >= 0.3 is 0 Å². The summed E-state index contributed by atoms with van der Waals surface area (Å²) in [7, 11) is 2.05. The van der Waals surface area contributed by atoms with Crippen LogP contribution in [0.2, 0.25) is 0 Å². The highest BCUT2D eigenvalue weighted by Crippen LogP contribution is 2.29. The summed E-state index contributed by atoms with van der Waals surface area (Å²) in [6.07, 6.45) is 12.2. The van der Waals surface area contributed by atoms with Gasteiger partial charge in [-0.1, -0.05) is 30.6 Å². The SMILES string of the molecule is CNC(/C1=C/CCCCCC1)c1cccnc1C. The maximum atomic E-state index is 4.42. The summed E-state index contributed by atoms with van der Waals surface area (Å²) in [5.74, 6) is 0. The van der Waals surface area contributed by atoms with Crippen molar-refractivity contribution in [2.24, 2.45) is 0 Å². The first kappa shape index (κ1) is 13.3. The van der Waals surface area contributed by atoms with Gasteiger partial charge in [-0.3, -0.25) is 4.98 Å². The third-order valence-corrected chi connectivity index (χ3v) is 3.84. The highest BCUT2D eigenvalue weighted by Gasteiger charge is 2.17. The van der Waals surface area contributed by atoms with Gasteiger partial charge in [-0.2, -0.15) is 0 Å². The zero-order valence-electron chi connectivity index (χ0n) is 11.6. The summed E-state index contributed by atoms with van der Waals surface area (Å²) in [5.41, 5.74) is 4.01. The van der Waals surface area contributed by atoms with E-state index < -0.39 is 0 Å². The van der Waals surface area contributed by atoms with Gasteiger partial charge in [-0.25, -0.2) is 0 Å². The van der Waals surface area contributed by atoms with Crippen LogP contribution in [0.4, 0.5) is 0 Å². The van der Waals surface area contributed by atoms with Crippen LogP contribution in [0, 0.1) is 6.92 Å². The lowest BCUT2D eigenvalue weighted by Gasteiger charge is -2.23. The van der Waals surface area contributed by atoms with E-state index in [0.717, 1.165) is 5.69 Å². The second kappa shape index (κ2) is 6.69. The van der Waals surface area contributed by atoms with Crippen molar-refractivity contribution in [3.63, 3.8) is 0 Å². The monoisotopic (exact) mass is 244 g/mol. The molecule has 2 nitrogen and oxygen atoms in total. The quantitative estimate of drug-likeness (QED) is 0.815. The molecule has 2 heteroatoms. The normalized spacial score (nSPS) is 21.6. The van der Waals surface area contributed by atoms with Crippen LogP contribution in [0.15, 0.2) is 30.0 Å². The van der Waals surface area contributed by atoms with Crippen LogP contribution >= 0.6 is 0 Å². The molecule has 1 unspecified atom stereocenters. The van der Waals surface area contributed by atoms with Gasteiger partial charge in [-0.15, -0.1) is 0 Å². The van der Waals surface area contributed by atoms with Crippen molar-refractivity contribution in [2.45, 2.75) is 51.5 Å². The number of aromatic nitrogens is 1.